The van der Waals surface area contributed by atoms with Gasteiger partial charge in [0.05, 0.1) is 17.7 Å². The summed E-state index contributed by atoms with van der Waals surface area (Å²) in [6.07, 6.45) is 1.66. The molecular weight excluding hydrogens is 259 g/mol. The maximum Gasteiger partial charge on any atom is 0.252 e. The van der Waals surface area contributed by atoms with Gasteiger partial charge in [0.15, 0.2) is 0 Å². The van der Waals surface area contributed by atoms with E-state index in [-0.39, 0.29) is 17.2 Å². The van der Waals surface area contributed by atoms with E-state index in [9.17, 15) is 9.18 Å². The zero-order valence-electron chi connectivity index (χ0n) is 11.1. The first-order valence-corrected chi connectivity index (χ1v) is 6.02. The van der Waals surface area contributed by atoms with Gasteiger partial charge in [-0.3, -0.25) is 4.79 Å². The predicted octanol–water partition coefficient (Wildman–Crippen LogP) is 2.22. The monoisotopic (exact) mass is 272 g/mol. The molecule has 5 nitrogen and oxygen atoms in total. The van der Waals surface area contributed by atoms with E-state index < -0.39 is 11.7 Å². The van der Waals surface area contributed by atoms with Gasteiger partial charge >= 0.3 is 0 Å². The number of carbonyl (C=O) groups excluding carboxylic acids is 1. The third-order valence-corrected chi connectivity index (χ3v) is 2.77. The standard InChI is InChI=1S/C14H13FN4O/c1-8-7-17-13(18-8)9(2)19-14(20)11-3-10(6-16)4-12(15)5-11/h3-5,7,9H,1-2H3,(H,17,18)(H,19,20). The summed E-state index contributed by atoms with van der Waals surface area (Å²) in [5, 5.41) is 11.5. The van der Waals surface area contributed by atoms with Gasteiger partial charge in [-0.1, -0.05) is 0 Å². The van der Waals surface area contributed by atoms with Crippen LogP contribution in [0.1, 0.15) is 40.4 Å². The number of H-pyrrole nitrogens is 1. The van der Waals surface area contributed by atoms with Gasteiger partial charge in [-0.2, -0.15) is 5.26 Å². The van der Waals surface area contributed by atoms with Gasteiger partial charge in [0, 0.05) is 17.5 Å². The van der Waals surface area contributed by atoms with Crippen molar-refractivity contribution in [3.63, 3.8) is 0 Å². The molecule has 0 saturated carbocycles. The molecule has 0 aliphatic heterocycles. The van der Waals surface area contributed by atoms with Crippen molar-refractivity contribution in [2.24, 2.45) is 0 Å². The van der Waals surface area contributed by atoms with Crippen LogP contribution < -0.4 is 5.32 Å². The molecule has 2 rings (SSSR count). The zero-order valence-corrected chi connectivity index (χ0v) is 11.1. The van der Waals surface area contributed by atoms with Gasteiger partial charge in [-0.15, -0.1) is 0 Å². The van der Waals surface area contributed by atoms with Gasteiger partial charge < -0.3 is 10.3 Å². The molecule has 1 aromatic carbocycles. The number of aromatic amines is 1. The summed E-state index contributed by atoms with van der Waals surface area (Å²) in [4.78, 5) is 19.2. The van der Waals surface area contributed by atoms with E-state index in [0.29, 0.717) is 5.82 Å². The van der Waals surface area contributed by atoms with Crippen molar-refractivity contribution in [3.05, 3.63) is 52.9 Å². The lowest BCUT2D eigenvalue weighted by atomic mass is 10.1. The molecule has 1 aromatic heterocycles. The number of amides is 1. The third kappa shape index (κ3) is 3.01. The molecule has 6 heteroatoms. The normalized spacial score (nSPS) is 11.7. The lowest BCUT2D eigenvalue weighted by Gasteiger charge is -2.11. The van der Waals surface area contributed by atoms with Crippen molar-refractivity contribution in [2.45, 2.75) is 19.9 Å². The van der Waals surface area contributed by atoms with Crippen LogP contribution in [0.4, 0.5) is 4.39 Å². The lowest BCUT2D eigenvalue weighted by Crippen LogP contribution is -2.27. The number of benzene rings is 1. The number of hydrogen-bond donors (Lipinski definition) is 2. The summed E-state index contributed by atoms with van der Waals surface area (Å²) in [6.45, 7) is 3.62. The molecule has 0 bridgehead atoms. The van der Waals surface area contributed by atoms with E-state index in [4.69, 9.17) is 5.26 Å². The average molecular weight is 272 g/mol. The maximum absolute atomic E-state index is 13.3. The molecule has 0 spiro atoms. The second-order valence-corrected chi connectivity index (χ2v) is 4.49. The second kappa shape index (κ2) is 5.53. The Balaban J connectivity index is 2.16. The van der Waals surface area contributed by atoms with Crippen LogP contribution in [0.5, 0.6) is 0 Å². The third-order valence-electron chi connectivity index (χ3n) is 2.77. The highest BCUT2D eigenvalue weighted by atomic mass is 19.1. The molecule has 0 aliphatic carbocycles. The smallest absolute Gasteiger partial charge is 0.252 e. The quantitative estimate of drug-likeness (QED) is 0.898. The Labute approximate surface area is 115 Å². The Morgan fingerprint density at radius 2 is 2.25 bits per heavy atom. The number of nitriles is 1. The fourth-order valence-electron chi connectivity index (χ4n) is 1.79. The van der Waals surface area contributed by atoms with Crippen LogP contribution in [0.15, 0.2) is 24.4 Å². The fourth-order valence-corrected chi connectivity index (χ4v) is 1.79. The maximum atomic E-state index is 13.3. The first-order chi connectivity index (χ1) is 9.49. The van der Waals surface area contributed by atoms with Crippen LogP contribution in [0.3, 0.4) is 0 Å². The number of aryl methyl sites for hydroxylation is 1. The van der Waals surface area contributed by atoms with Crippen molar-refractivity contribution >= 4 is 5.91 Å². The number of rotatable bonds is 3. The number of carbonyl (C=O) groups is 1. The lowest BCUT2D eigenvalue weighted by molar-refractivity contribution is 0.0938. The Kier molecular flexibility index (Phi) is 3.80. The number of halogens is 1. The summed E-state index contributed by atoms with van der Waals surface area (Å²) in [6, 6.07) is 4.99. The number of imidazole rings is 1. The van der Waals surface area contributed by atoms with Crippen molar-refractivity contribution in [1.29, 1.82) is 5.26 Å². The molecule has 20 heavy (non-hydrogen) atoms. The molecular formula is C14H13FN4O. The first-order valence-electron chi connectivity index (χ1n) is 6.02. The summed E-state index contributed by atoms with van der Waals surface area (Å²) in [7, 11) is 0. The van der Waals surface area contributed by atoms with Gasteiger partial charge in [0.25, 0.3) is 5.91 Å². The topological polar surface area (TPSA) is 81.6 Å². The number of hydrogen-bond acceptors (Lipinski definition) is 3. The summed E-state index contributed by atoms with van der Waals surface area (Å²) in [5.74, 6) is -0.453. The zero-order chi connectivity index (χ0) is 14.7. The van der Waals surface area contributed by atoms with Gasteiger partial charge in [-0.25, -0.2) is 9.37 Å². The summed E-state index contributed by atoms with van der Waals surface area (Å²) < 4.78 is 13.3. The van der Waals surface area contributed by atoms with E-state index >= 15 is 0 Å². The molecule has 1 unspecified atom stereocenters. The fraction of sp³-hybridized carbons (Fsp3) is 0.214. The van der Waals surface area contributed by atoms with Crippen molar-refractivity contribution in [3.8, 4) is 6.07 Å². The summed E-state index contributed by atoms with van der Waals surface area (Å²) in [5.41, 5.74) is 1.10. The minimum absolute atomic E-state index is 0.108. The Bertz CT molecular complexity index is 687. The van der Waals surface area contributed by atoms with Crippen LogP contribution in [0.25, 0.3) is 0 Å². The van der Waals surface area contributed by atoms with Crippen LogP contribution in [0, 0.1) is 24.1 Å². The Morgan fingerprint density at radius 3 is 2.85 bits per heavy atom. The molecule has 0 saturated heterocycles. The van der Waals surface area contributed by atoms with Gasteiger partial charge in [0.2, 0.25) is 0 Å². The van der Waals surface area contributed by atoms with Crippen molar-refractivity contribution in [1.82, 2.24) is 15.3 Å². The number of nitrogens with zero attached hydrogens (tertiary/aromatic N) is 2. The molecule has 0 aliphatic rings. The predicted molar refractivity (Wildman–Crippen MR) is 70.3 cm³/mol. The van der Waals surface area contributed by atoms with Gasteiger partial charge in [0.1, 0.15) is 11.6 Å². The SMILES string of the molecule is Cc1cnc(C(C)NC(=O)c2cc(F)cc(C#N)c2)[nH]1. The first kappa shape index (κ1) is 13.7. The highest BCUT2D eigenvalue weighted by molar-refractivity contribution is 5.94. The molecule has 102 valence electrons. The average Bonchev–Trinajstić information content (AvgIpc) is 2.84. The number of nitrogens with one attached hydrogen (secondary N) is 2. The largest absolute Gasteiger partial charge is 0.344 e. The molecule has 1 atom stereocenters. The van der Waals surface area contributed by atoms with E-state index in [2.05, 4.69) is 15.3 Å². The van der Waals surface area contributed by atoms with Gasteiger partial charge in [-0.05, 0) is 32.0 Å². The van der Waals surface area contributed by atoms with Crippen LogP contribution in [-0.4, -0.2) is 15.9 Å². The second-order valence-electron chi connectivity index (χ2n) is 4.49. The van der Waals surface area contributed by atoms with Crippen molar-refractivity contribution in [2.75, 3.05) is 0 Å². The Morgan fingerprint density at radius 1 is 1.50 bits per heavy atom. The minimum atomic E-state index is -0.615. The summed E-state index contributed by atoms with van der Waals surface area (Å²) >= 11 is 0. The van der Waals surface area contributed by atoms with E-state index in [0.717, 1.165) is 17.8 Å². The van der Waals surface area contributed by atoms with Crippen molar-refractivity contribution < 1.29 is 9.18 Å². The van der Waals surface area contributed by atoms with E-state index in [1.807, 2.05) is 13.0 Å². The molecule has 0 radical (unpaired) electrons. The highest BCUT2D eigenvalue weighted by Crippen LogP contribution is 2.12. The highest BCUT2D eigenvalue weighted by Gasteiger charge is 2.15. The molecule has 1 amide bonds. The molecule has 2 aromatic rings. The van der Waals surface area contributed by atoms with Crippen LogP contribution >= 0.6 is 0 Å². The number of aromatic nitrogens is 2. The molecule has 1 heterocycles. The van der Waals surface area contributed by atoms with Crippen LogP contribution in [0.2, 0.25) is 0 Å². The van der Waals surface area contributed by atoms with E-state index in [1.54, 1.807) is 13.1 Å². The molecule has 2 N–H and O–H groups in total. The minimum Gasteiger partial charge on any atom is -0.344 e. The van der Waals surface area contributed by atoms with E-state index in [1.165, 1.54) is 6.07 Å². The molecule has 0 fully saturated rings. The Hall–Kier alpha value is -2.68. The van der Waals surface area contributed by atoms with Crippen LogP contribution in [-0.2, 0) is 0 Å².